The fourth-order valence-corrected chi connectivity index (χ4v) is 7.10. The van der Waals surface area contributed by atoms with E-state index in [0.29, 0.717) is 23.7 Å². The molecule has 4 rings (SSSR count). The first-order chi connectivity index (χ1) is 18.1. The van der Waals surface area contributed by atoms with Gasteiger partial charge in [-0.2, -0.15) is 0 Å². The number of amidine groups is 1. The Bertz CT molecular complexity index is 1070. The zero-order valence-corrected chi connectivity index (χ0v) is 25.6. The summed E-state index contributed by atoms with van der Waals surface area (Å²) in [7, 11) is 0. The predicted octanol–water partition coefficient (Wildman–Crippen LogP) is 7.55. The molecule has 1 aromatic carbocycles. The van der Waals surface area contributed by atoms with E-state index in [1.54, 1.807) is 12.1 Å². The number of carboxylic acids is 1. The van der Waals surface area contributed by atoms with E-state index in [4.69, 9.17) is 4.99 Å². The normalized spacial score (nSPS) is 29.1. The number of carbonyl (C=O) groups is 2. The molecule has 39 heavy (non-hydrogen) atoms. The number of hydrogen-bond donors (Lipinski definition) is 1. The van der Waals surface area contributed by atoms with Gasteiger partial charge in [-0.15, -0.1) is 0 Å². The molecular weight excluding hydrogens is 486 g/mol. The number of aromatic carboxylic acids is 1. The summed E-state index contributed by atoms with van der Waals surface area (Å²) < 4.78 is 0. The van der Waals surface area contributed by atoms with Crippen molar-refractivity contribution in [3.8, 4) is 0 Å². The summed E-state index contributed by atoms with van der Waals surface area (Å²) in [6.07, 6.45) is 7.80. The summed E-state index contributed by atoms with van der Waals surface area (Å²) in [5.74, 6) is 1.06. The maximum absolute atomic E-state index is 14.6. The maximum Gasteiger partial charge on any atom is 0.335 e. The topological polar surface area (TPSA) is 73.2 Å². The lowest BCUT2D eigenvalue weighted by Crippen LogP contribution is -2.53. The second kappa shape index (κ2) is 10.9. The summed E-state index contributed by atoms with van der Waals surface area (Å²) in [5.41, 5.74) is 1.09. The summed E-state index contributed by atoms with van der Waals surface area (Å²) >= 11 is 0. The second-order valence-electron chi connectivity index (χ2n) is 14.9. The van der Waals surface area contributed by atoms with E-state index >= 15 is 0 Å². The van der Waals surface area contributed by atoms with E-state index in [0.717, 1.165) is 63.5 Å². The molecule has 216 valence electrons. The highest BCUT2D eigenvalue weighted by atomic mass is 16.4. The molecule has 1 saturated carbocycles. The summed E-state index contributed by atoms with van der Waals surface area (Å²) in [6, 6.07) is 7.35. The molecule has 3 aliphatic rings. The number of carboxylic acid groups (broad SMARTS) is 1. The smallest absolute Gasteiger partial charge is 0.335 e. The monoisotopic (exact) mass is 537 g/mol. The molecule has 2 heterocycles. The first-order valence-corrected chi connectivity index (χ1v) is 15.1. The summed E-state index contributed by atoms with van der Waals surface area (Å²) in [4.78, 5) is 36.0. The van der Waals surface area contributed by atoms with Crippen LogP contribution >= 0.6 is 0 Å². The van der Waals surface area contributed by atoms with Crippen molar-refractivity contribution in [3.63, 3.8) is 0 Å². The van der Waals surface area contributed by atoms with Gasteiger partial charge < -0.3 is 14.9 Å². The van der Waals surface area contributed by atoms with Gasteiger partial charge >= 0.3 is 5.97 Å². The maximum atomic E-state index is 14.6. The SMILES string of the molecule is CC1CCN(C2=NC3(CCC(C(C)(C)C)CC3)N([C@H](CCC(C)(C)C)c3ccc(C(=O)O)cc3)C2=O)C(C)C1. The van der Waals surface area contributed by atoms with Crippen molar-refractivity contribution < 1.29 is 14.7 Å². The van der Waals surface area contributed by atoms with E-state index in [1.165, 1.54) is 0 Å². The lowest BCUT2D eigenvalue weighted by atomic mass is 9.69. The number of carbonyl (C=O) groups excluding carboxylic acids is 1. The van der Waals surface area contributed by atoms with Gasteiger partial charge in [0, 0.05) is 12.6 Å². The zero-order valence-electron chi connectivity index (χ0n) is 25.6. The number of nitrogens with zero attached hydrogens (tertiary/aromatic N) is 3. The highest BCUT2D eigenvalue weighted by Gasteiger charge is 2.54. The fraction of sp³-hybridized carbons (Fsp3) is 0.727. The van der Waals surface area contributed by atoms with Crippen LogP contribution in [0.3, 0.4) is 0 Å². The van der Waals surface area contributed by atoms with E-state index in [1.807, 2.05) is 12.1 Å². The molecule has 6 heteroatoms. The molecule has 2 unspecified atom stereocenters. The van der Waals surface area contributed by atoms with Crippen LogP contribution in [0.1, 0.15) is 129 Å². The minimum atomic E-state index is -0.930. The van der Waals surface area contributed by atoms with Crippen LogP contribution in [-0.2, 0) is 4.79 Å². The van der Waals surface area contributed by atoms with Crippen molar-refractivity contribution >= 4 is 17.7 Å². The van der Waals surface area contributed by atoms with Gasteiger partial charge in [0.1, 0.15) is 5.66 Å². The van der Waals surface area contributed by atoms with Crippen molar-refractivity contribution in [2.75, 3.05) is 6.54 Å². The fourth-order valence-electron chi connectivity index (χ4n) is 7.10. The molecule has 1 saturated heterocycles. The van der Waals surface area contributed by atoms with E-state index in [2.05, 4.69) is 65.2 Å². The van der Waals surface area contributed by atoms with Gasteiger partial charge in [0.2, 0.25) is 0 Å². The van der Waals surface area contributed by atoms with Gasteiger partial charge in [-0.05, 0) is 98.7 Å². The molecule has 0 bridgehead atoms. The number of likely N-dealkylation sites (tertiary alicyclic amines) is 1. The quantitative estimate of drug-likeness (QED) is 0.421. The highest BCUT2D eigenvalue weighted by molar-refractivity contribution is 6.39. The number of aliphatic imine (C=N–C) groups is 1. The van der Waals surface area contributed by atoms with Gasteiger partial charge in [-0.25, -0.2) is 9.79 Å². The standard InChI is InChI=1S/C33H51N3O3/c1-22-16-20-35(23(2)21-22)28-29(37)36(33(34-28)18-13-26(14-19-33)32(6,7)8)27(15-17-31(3,4)5)24-9-11-25(12-10-24)30(38)39/h9-12,22-23,26-27H,13-21H2,1-8H3,(H,38,39)/t22?,23?,26?,27-,33?/m1/s1. The third-order valence-electron chi connectivity index (χ3n) is 9.62. The molecule has 1 aliphatic carbocycles. The van der Waals surface area contributed by atoms with Crippen LogP contribution < -0.4 is 0 Å². The van der Waals surface area contributed by atoms with E-state index in [9.17, 15) is 14.7 Å². The lowest BCUT2D eigenvalue weighted by Gasteiger charge is -2.47. The molecule has 1 spiro atoms. The van der Waals surface area contributed by atoms with Gasteiger partial charge in [0.15, 0.2) is 5.84 Å². The Hall–Kier alpha value is -2.37. The lowest BCUT2D eigenvalue weighted by molar-refractivity contribution is -0.134. The molecule has 1 aromatic rings. The first-order valence-electron chi connectivity index (χ1n) is 15.1. The minimum Gasteiger partial charge on any atom is -0.478 e. The molecule has 0 radical (unpaired) electrons. The van der Waals surface area contributed by atoms with Gasteiger partial charge in [-0.3, -0.25) is 4.79 Å². The molecule has 2 aliphatic heterocycles. The first kappa shape index (κ1) is 29.6. The largest absolute Gasteiger partial charge is 0.478 e. The van der Waals surface area contributed by atoms with Crippen LogP contribution in [0.4, 0.5) is 0 Å². The van der Waals surface area contributed by atoms with E-state index in [-0.39, 0.29) is 28.3 Å². The van der Waals surface area contributed by atoms with Crippen LogP contribution in [0.2, 0.25) is 0 Å². The minimum absolute atomic E-state index is 0.0619. The van der Waals surface area contributed by atoms with Crippen LogP contribution in [0.25, 0.3) is 0 Å². The molecule has 0 aromatic heterocycles. The Morgan fingerprint density at radius 2 is 1.67 bits per heavy atom. The Balaban J connectivity index is 1.76. The number of hydrogen-bond acceptors (Lipinski definition) is 4. The van der Waals surface area contributed by atoms with Crippen molar-refractivity contribution in [2.24, 2.45) is 27.7 Å². The van der Waals surface area contributed by atoms with Crippen LogP contribution in [0, 0.1) is 22.7 Å². The van der Waals surface area contributed by atoms with Crippen LogP contribution in [0.5, 0.6) is 0 Å². The summed E-state index contributed by atoms with van der Waals surface area (Å²) in [6.45, 7) is 19.1. The molecular formula is C33H51N3O3. The third-order valence-corrected chi connectivity index (χ3v) is 9.62. The Labute approximate surface area is 236 Å². The Morgan fingerprint density at radius 1 is 1.05 bits per heavy atom. The van der Waals surface area contributed by atoms with Crippen molar-refractivity contribution in [1.82, 2.24) is 9.80 Å². The van der Waals surface area contributed by atoms with Crippen LogP contribution in [-0.4, -0.2) is 50.9 Å². The number of piperidine rings is 1. The molecule has 6 nitrogen and oxygen atoms in total. The molecule has 3 atom stereocenters. The highest BCUT2D eigenvalue weighted by Crippen LogP contribution is 2.50. The van der Waals surface area contributed by atoms with Crippen molar-refractivity contribution in [3.05, 3.63) is 35.4 Å². The predicted molar refractivity (Wildman–Crippen MR) is 158 cm³/mol. The zero-order chi connectivity index (χ0) is 28.8. The molecule has 1 N–H and O–H groups in total. The van der Waals surface area contributed by atoms with Gasteiger partial charge in [-0.1, -0.05) is 60.6 Å². The number of amides is 1. The Morgan fingerprint density at radius 3 is 2.18 bits per heavy atom. The second-order valence-corrected chi connectivity index (χ2v) is 14.9. The average molecular weight is 538 g/mol. The third kappa shape index (κ3) is 6.36. The van der Waals surface area contributed by atoms with E-state index < -0.39 is 11.6 Å². The number of benzene rings is 1. The van der Waals surface area contributed by atoms with Gasteiger partial charge in [0.25, 0.3) is 5.91 Å². The Kier molecular flexibility index (Phi) is 8.27. The van der Waals surface area contributed by atoms with Crippen LogP contribution in [0.15, 0.2) is 29.3 Å². The average Bonchev–Trinajstić information content (AvgIpc) is 3.10. The number of rotatable bonds is 5. The van der Waals surface area contributed by atoms with Crippen molar-refractivity contribution in [2.45, 2.75) is 125 Å². The van der Waals surface area contributed by atoms with Crippen molar-refractivity contribution in [1.29, 1.82) is 0 Å². The summed E-state index contributed by atoms with van der Waals surface area (Å²) in [5, 5.41) is 9.50. The molecule has 1 amide bonds. The van der Waals surface area contributed by atoms with Gasteiger partial charge in [0.05, 0.1) is 11.6 Å². The molecule has 2 fully saturated rings.